The molecule has 0 spiro atoms. The van der Waals surface area contributed by atoms with Crippen molar-refractivity contribution in [3.8, 4) is 11.5 Å². The van der Waals surface area contributed by atoms with Gasteiger partial charge in [0.25, 0.3) is 0 Å². The second-order valence-electron chi connectivity index (χ2n) is 8.85. The van der Waals surface area contributed by atoms with Gasteiger partial charge in [0.05, 0.1) is 20.1 Å². The van der Waals surface area contributed by atoms with Crippen molar-refractivity contribution in [3.63, 3.8) is 0 Å². The molecule has 4 rings (SSSR count). The van der Waals surface area contributed by atoms with Crippen molar-refractivity contribution in [2.45, 2.75) is 32.2 Å². The Kier molecular flexibility index (Phi) is 7.50. The minimum absolute atomic E-state index is 0.0246. The molecule has 2 aromatic carbocycles. The highest BCUT2D eigenvalue weighted by molar-refractivity contribution is 5.97. The second-order valence-corrected chi connectivity index (χ2v) is 8.85. The van der Waals surface area contributed by atoms with Crippen molar-refractivity contribution >= 4 is 17.5 Å². The Morgan fingerprint density at radius 3 is 2.39 bits per heavy atom. The molecule has 2 saturated heterocycles. The van der Waals surface area contributed by atoms with E-state index in [4.69, 9.17) is 9.47 Å². The third-order valence-corrected chi connectivity index (χ3v) is 6.53. The van der Waals surface area contributed by atoms with Gasteiger partial charge in [-0.2, -0.15) is 0 Å². The minimum atomic E-state index is -0.327. The van der Waals surface area contributed by atoms with Crippen LogP contribution in [0.2, 0.25) is 0 Å². The molecule has 176 valence electrons. The highest BCUT2D eigenvalue weighted by Crippen LogP contribution is 2.28. The summed E-state index contributed by atoms with van der Waals surface area (Å²) >= 11 is 0. The number of hydrogen-bond acceptors (Lipinski definition) is 5. The quantitative estimate of drug-likeness (QED) is 0.633. The number of carbonyl (C=O) groups is 2. The van der Waals surface area contributed by atoms with Gasteiger partial charge in [-0.05, 0) is 67.7 Å². The summed E-state index contributed by atoms with van der Waals surface area (Å²) < 4.78 is 10.6. The number of rotatable bonds is 9. The van der Waals surface area contributed by atoms with Gasteiger partial charge in [-0.15, -0.1) is 0 Å². The average Bonchev–Trinajstić information content (AvgIpc) is 3.48. The summed E-state index contributed by atoms with van der Waals surface area (Å²) in [6, 6.07) is 13.8. The van der Waals surface area contributed by atoms with Crippen LogP contribution >= 0.6 is 0 Å². The Morgan fingerprint density at radius 2 is 1.70 bits per heavy atom. The van der Waals surface area contributed by atoms with Gasteiger partial charge in [-0.3, -0.25) is 14.5 Å². The van der Waals surface area contributed by atoms with E-state index in [1.54, 1.807) is 19.1 Å². The molecule has 0 radical (unpaired) electrons. The van der Waals surface area contributed by atoms with Crippen LogP contribution in [0.1, 0.15) is 30.4 Å². The van der Waals surface area contributed by atoms with Crippen molar-refractivity contribution in [2.24, 2.45) is 5.92 Å². The lowest BCUT2D eigenvalue weighted by atomic mass is 10.1. The molecule has 1 unspecified atom stereocenters. The molecule has 0 aliphatic carbocycles. The number of carbonyl (C=O) groups excluding carboxylic acids is 2. The van der Waals surface area contributed by atoms with Crippen LogP contribution in [0, 0.1) is 5.92 Å². The SMILES string of the molecule is COc1ccc(CCN2CC(C(=O)Nc3ccc(CN4CCCC4)cc3)CC2=O)cc1OC. The van der Waals surface area contributed by atoms with Crippen LogP contribution in [0.25, 0.3) is 0 Å². The Bertz CT molecular complexity index is 970. The Morgan fingerprint density at radius 1 is 1.00 bits per heavy atom. The number of nitrogens with zero attached hydrogens (tertiary/aromatic N) is 2. The van der Waals surface area contributed by atoms with E-state index < -0.39 is 0 Å². The first-order chi connectivity index (χ1) is 16.1. The first kappa shape index (κ1) is 23.1. The number of hydrogen-bond donors (Lipinski definition) is 1. The maximum atomic E-state index is 12.8. The molecule has 0 saturated carbocycles. The molecule has 1 atom stereocenters. The van der Waals surface area contributed by atoms with Gasteiger partial charge < -0.3 is 19.7 Å². The summed E-state index contributed by atoms with van der Waals surface area (Å²) in [5.41, 5.74) is 3.09. The zero-order valence-electron chi connectivity index (χ0n) is 19.5. The first-order valence-electron chi connectivity index (χ1n) is 11.7. The van der Waals surface area contributed by atoms with Crippen molar-refractivity contribution in [1.82, 2.24) is 9.80 Å². The molecule has 2 heterocycles. The van der Waals surface area contributed by atoms with Gasteiger partial charge in [0.2, 0.25) is 11.8 Å². The van der Waals surface area contributed by atoms with E-state index >= 15 is 0 Å². The lowest BCUT2D eigenvalue weighted by Crippen LogP contribution is -2.30. The van der Waals surface area contributed by atoms with E-state index in [1.807, 2.05) is 30.3 Å². The van der Waals surface area contributed by atoms with Crippen LogP contribution in [0.5, 0.6) is 11.5 Å². The number of benzene rings is 2. The lowest BCUT2D eigenvalue weighted by Gasteiger charge is -2.17. The number of nitrogens with one attached hydrogen (secondary N) is 1. The van der Waals surface area contributed by atoms with Crippen molar-refractivity contribution in [2.75, 3.05) is 45.7 Å². The normalized spacial score (nSPS) is 18.5. The van der Waals surface area contributed by atoms with Crippen LogP contribution < -0.4 is 14.8 Å². The molecule has 2 aliphatic rings. The van der Waals surface area contributed by atoms with E-state index in [9.17, 15) is 9.59 Å². The predicted octanol–water partition coefficient (Wildman–Crippen LogP) is 3.33. The van der Waals surface area contributed by atoms with E-state index in [0.29, 0.717) is 31.0 Å². The summed E-state index contributed by atoms with van der Waals surface area (Å²) in [5.74, 6) is 0.957. The van der Waals surface area contributed by atoms with Crippen molar-refractivity contribution in [3.05, 3.63) is 53.6 Å². The molecular weight excluding hydrogens is 418 g/mol. The molecule has 2 aromatic rings. The molecule has 0 bridgehead atoms. The van der Waals surface area contributed by atoms with Crippen LogP contribution in [0.15, 0.2) is 42.5 Å². The van der Waals surface area contributed by atoms with E-state index in [-0.39, 0.29) is 24.2 Å². The second kappa shape index (κ2) is 10.7. The third-order valence-electron chi connectivity index (χ3n) is 6.53. The topological polar surface area (TPSA) is 71.1 Å². The number of methoxy groups -OCH3 is 2. The zero-order valence-corrected chi connectivity index (χ0v) is 19.5. The zero-order chi connectivity index (χ0) is 23.2. The van der Waals surface area contributed by atoms with E-state index in [0.717, 1.165) is 30.9 Å². The first-order valence-corrected chi connectivity index (χ1v) is 11.7. The lowest BCUT2D eigenvalue weighted by molar-refractivity contribution is -0.128. The Balaban J connectivity index is 1.27. The summed E-state index contributed by atoms with van der Waals surface area (Å²) in [6.45, 7) is 4.31. The van der Waals surface area contributed by atoms with Gasteiger partial charge in [0, 0.05) is 31.7 Å². The van der Waals surface area contributed by atoms with Crippen molar-refractivity contribution in [1.29, 1.82) is 0 Å². The fourth-order valence-electron chi connectivity index (χ4n) is 4.60. The molecule has 1 N–H and O–H groups in total. The average molecular weight is 452 g/mol. The molecule has 7 nitrogen and oxygen atoms in total. The summed E-state index contributed by atoms with van der Waals surface area (Å²) in [5, 5.41) is 2.99. The monoisotopic (exact) mass is 451 g/mol. The highest BCUT2D eigenvalue weighted by atomic mass is 16.5. The fraction of sp³-hybridized carbons (Fsp3) is 0.462. The maximum absolute atomic E-state index is 12.8. The fourth-order valence-corrected chi connectivity index (χ4v) is 4.60. The van der Waals surface area contributed by atoms with Gasteiger partial charge >= 0.3 is 0 Å². The van der Waals surface area contributed by atoms with Crippen LogP contribution in [0.4, 0.5) is 5.69 Å². The van der Waals surface area contributed by atoms with Crippen LogP contribution in [0.3, 0.4) is 0 Å². The minimum Gasteiger partial charge on any atom is -0.493 e. The number of anilines is 1. The molecule has 2 aliphatic heterocycles. The van der Waals surface area contributed by atoms with Crippen LogP contribution in [-0.2, 0) is 22.6 Å². The highest BCUT2D eigenvalue weighted by Gasteiger charge is 2.34. The maximum Gasteiger partial charge on any atom is 0.229 e. The van der Waals surface area contributed by atoms with Gasteiger partial charge in [-0.25, -0.2) is 0 Å². The van der Waals surface area contributed by atoms with E-state index in [1.165, 1.54) is 18.4 Å². The number of likely N-dealkylation sites (tertiary alicyclic amines) is 2. The van der Waals surface area contributed by atoms with Gasteiger partial charge in [-0.1, -0.05) is 18.2 Å². The van der Waals surface area contributed by atoms with Gasteiger partial charge in [0.15, 0.2) is 11.5 Å². The summed E-state index contributed by atoms with van der Waals surface area (Å²) in [6.07, 6.45) is 3.50. The van der Waals surface area contributed by atoms with Crippen LogP contribution in [-0.4, -0.2) is 62.0 Å². The largest absolute Gasteiger partial charge is 0.493 e. The number of amides is 2. The molecule has 2 fully saturated rings. The van der Waals surface area contributed by atoms with Crippen molar-refractivity contribution < 1.29 is 19.1 Å². The predicted molar refractivity (Wildman–Crippen MR) is 128 cm³/mol. The molecule has 2 amide bonds. The molecular formula is C26H33N3O4. The summed E-state index contributed by atoms with van der Waals surface area (Å²) in [4.78, 5) is 29.5. The smallest absolute Gasteiger partial charge is 0.229 e. The van der Waals surface area contributed by atoms with E-state index in [2.05, 4.69) is 22.3 Å². The molecule has 7 heteroatoms. The van der Waals surface area contributed by atoms with Gasteiger partial charge in [0.1, 0.15) is 0 Å². The molecule has 33 heavy (non-hydrogen) atoms. The number of ether oxygens (including phenoxy) is 2. The summed E-state index contributed by atoms with van der Waals surface area (Å²) in [7, 11) is 3.21. The Hall–Kier alpha value is -3.06. The molecule has 0 aromatic heterocycles. The third kappa shape index (κ3) is 5.85. The Labute approximate surface area is 195 Å². The standard InChI is InChI=1S/C26H33N3O4/c1-32-23-10-7-19(15-24(23)33-2)11-14-29-18-21(16-25(29)30)26(31)27-22-8-5-20(6-9-22)17-28-12-3-4-13-28/h5-10,15,21H,3-4,11-14,16-18H2,1-2H3,(H,27,31).